The average Bonchev–Trinajstić information content (AvgIpc) is 2.85. The first-order chi connectivity index (χ1) is 10.1. The van der Waals surface area contributed by atoms with E-state index in [4.69, 9.17) is 4.74 Å². The highest BCUT2D eigenvalue weighted by Gasteiger charge is 2.37. The number of ether oxygens (including phenoxy) is 1. The topological polar surface area (TPSA) is 12.5 Å². The van der Waals surface area contributed by atoms with Crippen molar-refractivity contribution in [1.29, 1.82) is 0 Å². The fraction of sp³-hybridized carbons (Fsp3) is 0.579. The first-order valence-corrected chi connectivity index (χ1v) is 8.10. The molecule has 3 atom stereocenters. The SMILES string of the molecule is COc1ccc(C)c(C2=CC3CCC(C3)C2CN(C)C)c1. The minimum atomic E-state index is 0.671. The third kappa shape index (κ3) is 2.87. The Balaban J connectivity index is 2.01. The fourth-order valence-electron chi connectivity index (χ4n) is 4.17. The molecule has 0 aliphatic heterocycles. The Morgan fingerprint density at radius 1 is 1.24 bits per heavy atom. The molecule has 0 aromatic heterocycles. The van der Waals surface area contributed by atoms with Crippen LogP contribution in [0.3, 0.4) is 0 Å². The molecule has 0 heterocycles. The number of hydrogen-bond donors (Lipinski definition) is 0. The van der Waals surface area contributed by atoms with Crippen LogP contribution in [0, 0.1) is 24.7 Å². The second-order valence-electron chi connectivity index (χ2n) is 7.00. The summed E-state index contributed by atoms with van der Waals surface area (Å²) in [4.78, 5) is 2.34. The summed E-state index contributed by atoms with van der Waals surface area (Å²) in [6.45, 7) is 3.37. The molecule has 2 heteroatoms. The Kier molecular flexibility index (Phi) is 4.08. The monoisotopic (exact) mass is 285 g/mol. The first kappa shape index (κ1) is 14.6. The van der Waals surface area contributed by atoms with Crippen LogP contribution >= 0.6 is 0 Å². The highest BCUT2D eigenvalue weighted by Crippen LogP contribution is 2.48. The molecule has 3 unspecified atom stereocenters. The molecule has 2 aliphatic carbocycles. The second kappa shape index (κ2) is 5.84. The van der Waals surface area contributed by atoms with Crippen LogP contribution in [0.5, 0.6) is 5.75 Å². The lowest BCUT2D eigenvalue weighted by atomic mass is 9.75. The van der Waals surface area contributed by atoms with Crippen LogP contribution < -0.4 is 4.74 Å². The van der Waals surface area contributed by atoms with Gasteiger partial charge in [0.2, 0.25) is 0 Å². The Bertz CT molecular complexity index is 546. The highest BCUT2D eigenvalue weighted by atomic mass is 16.5. The van der Waals surface area contributed by atoms with Gasteiger partial charge in [0.05, 0.1) is 7.11 Å². The molecule has 114 valence electrons. The average molecular weight is 285 g/mol. The lowest BCUT2D eigenvalue weighted by Crippen LogP contribution is -2.29. The largest absolute Gasteiger partial charge is 0.497 e. The number of aryl methyl sites for hydroxylation is 1. The van der Waals surface area contributed by atoms with Gasteiger partial charge in [0.15, 0.2) is 0 Å². The van der Waals surface area contributed by atoms with Crippen molar-refractivity contribution < 1.29 is 4.74 Å². The molecule has 0 N–H and O–H groups in total. The van der Waals surface area contributed by atoms with Gasteiger partial charge in [-0.3, -0.25) is 0 Å². The van der Waals surface area contributed by atoms with Gasteiger partial charge < -0.3 is 9.64 Å². The van der Waals surface area contributed by atoms with E-state index in [2.05, 4.69) is 50.2 Å². The van der Waals surface area contributed by atoms with Gasteiger partial charge in [-0.2, -0.15) is 0 Å². The normalized spacial score (nSPS) is 27.9. The van der Waals surface area contributed by atoms with Crippen molar-refractivity contribution in [2.24, 2.45) is 17.8 Å². The summed E-state index contributed by atoms with van der Waals surface area (Å²) in [6.07, 6.45) is 6.73. The van der Waals surface area contributed by atoms with E-state index >= 15 is 0 Å². The molecular formula is C19H27NO. The van der Waals surface area contributed by atoms with E-state index in [-0.39, 0.29) is 0 Å². The highest BCUT2D eigenvalue weighted by molar-refractivity contribution is 5.72. The lowest BCUT2D eigenvalue weighted by molar-refractivity contribution is 0.289. The number of benzene rings is 1. The zero-order chi connectivity index (χ0) is 15.0. The number of rotatable bonds is 4. The van der Waals surface area contributed by atoms with Gasteiger partial charge >= 0.3 is 0 Å². The molecule has 1 aromatic rings. The molecule has 21 heavy (non-hydrogen) atoms. The zero-order valence-corrected chi connectivity index (χ0v) is 13.7. The van der Waals surface area contributed by atoms with E-state index in [9.17, 15) is 0 Å². The quantitative estimate of drug-likeness (QED) is 0.829. The van der Waals surface area contributed by atoms with Gasteiger partial charge in [-0.05, 0) is 86.9 Å². The third-order valence-corrected chi connectivity index (χ3v) is 5.22. The summed E-state index contributed by atoms with van der Waals surface area (Å²) < 4.78 is 5.45. The van der Waals surface area contributed by atoms with Gasteiger partial charge in [-0.15, -0.1) is 0 Å². The molecule has 1 aromatic carbocycles. The zero-order valence-electron chi connectivity index (χ0n) is 13.7. The minimum absolute atomic E-state index is 0.671. The first-order valence-electron chi connectivity index (χ1n) is 8.10. The van der Waals surface area contributed by atoms with Gasteiger partial charge in [0, 0.05) is 6.54 Å². The van der Waals surface area contributed by atoms with E-state index in [0.29, 0.717) is 5.92 Å². The Morgan fingerprint density at radius 3 is 2.76 bits per heavy atom. The van der Waals surface area contributed by atoms with E-state index in [1.807, 2.05) is 0 Å². The smallest absolute Gasteiger partial charge is 0.119 e. The molecule has 2 bridgehead atoms. The molecule has 0 amide bonds. The summed E-state index contributed by atoms with van der Waals surface area (Å²) in [6, 6.07) is 6.49. The van der Waals surface area contributed by atoms with Crippen LogP contribution in [-0.4, -0.2) is 32.6 Å². The van der Waals surface area contributed by atoms with Crippen molar-refractivity contribution in [2.45, 2.75) is 26.2 Å². The van der Waals surface area contributed by atoms with Crippen LogP contribution in [0.2, 0.25) is 0 Å². The van der Waals surface area contributed by atoms with Crippen LogP contribution in [0.4, 0.5) is 0 Å². The van der Waals surface area contributed by atoms with Crippen molar-refractivity contribution in [3.63, 3.8) is 0 Å². The minimum Gasteiger partial charge on any atom is -0.497 e. The Morgan fingerprint density at radius 2 is 2.05 bits per heavy atom. The van der Waals surface area contributed by atoms with Crippen molar-refractivity contribution >= 4 is 5.57 Å². The van der Waals surface area contributed by atoms with Crippen molar-refractivity contribution in [3.05, 3.63) is 35.4 Å². The number of fused-ring (bicyclic) bond motifs is 2. The molecule has 3 rings (SSSR count). The maximum absolute atomic E-state index is 5.45. The molecule has 0 spiro atoms. The van der Waals surface area contributed by atoms with Gasteiger partial charge in [-0.1, -0.05) is 12.1 Å². The Hall–Kier alpha value is -1.28. The molecule has 1 saturated carbocycles. The van der Waals surface area contributed by atoms with E-state index < -0.39 is 0 Å². The van der Waals surface area contributed by atoms with Crippen LogP contribution in [0.15, 0.2) is 24.3 Å². The number of methoxy groups -OCH3 is 1. The van der Waals surface area contributed by atoms with E-state index in [1.165, 1.54) is 30.4 Å². The summed E-state index contributed by atoms with van der Waals surface area (Å²) in [5, 5.41) is 0. The van der Waals surface area contributed by atoms with Crippen LogP contribution in [0.25, 0.3) is 5.57 Å². The summed E-state index contributed by atoms with van der Waals surface area (Å²) in [5.41, 5.74) is 4.34. The number of allylic oxidation sites excluding steroid dienone is 1. The Labute approximate surface area is 128 Å². The van der Waals surface area contributed by atoms with E-state index in [0.717, 1.165) is 24.1 Å². The van der Waals surface area contributed by atoms with E-state index in [1.54, 1.807) is 12.7 Å². The fourth-order valence-corrected chi connectivity index (χ4v) is 4.17. The van der Waals surface area contributed by atoms with Crippen molar-refractivity contribution in [1.82, 2.24) is 4.90 Å². The third-order valence-electron chi connectivity index (χ3n) is 5.22. The van der Waals surface area contributed by atoms with Gasteiger partial charge in [0.1, 0.15) is 5.75 Å². The summed E-state index contributed by atoms with van der Waals surface area (Å²) in [7, 11) is 6.14. The predicted molar refractivity (Wildman–Crippen MR) is 88.6 cm³/mol. The maximum Gasteiger partial charge on any atom is 0.119 e. The maximum atomic E-state index is 5.45. The number of hydrogen-bond acceptors (Lipinski definition) is 2. The molecule has 1 fully saturated rings. The molecular weight excluding hydrogens is 258 g/mol. The second-order valence-corrected chi connectivity index (χ2v) is 7.00. The van der Waals surface area contributed by atoms with Crippen molar-refractivity contribution in [2.75, 3.05) is 27.7 Å². The van der Waals surface area contributed by atoms with Crippen LogP contribution in [0.1, 0.15) is 30.4 Å². The summed E-state index contributed by atoms with van der Waals surface area (Å²) >= 11 is 0. The molecule has 2 nitrogen and oxygen atoms in total. The van der Waals surface area contributed by atoms with Gasteiger partial charge in [0.25, 0.3) is 0 Å². The summed E-state index contributed by atoms with van der Waals surface area (Å²) in [5.74, 6) is 3.31. The van der Waals surface area contributed by atoms with Crippen molar-refractivity contribution in [3.8, 4) is 5.75 Å². The number of nitrogens with zero attached hydrogens (tertiary/aromatic N) is 1. The molecule has 0 radical (unpaired) electrons. The molecule has 2 aliphatic rings. The molecule has 0 saturated heterocycles. The predicted octanol–water partition coefficient (Wildman–Crippen LogP) is 3.99. The standard InChI is InChI=1S/C19H27NO/c1-13-5-8-16(21-4)11-17(13)18-10-14-6-7-15(9-14)19(18)12-20(2)3/h5,8,10-11,14-15,19H,6-7,9,12H2,1-4H3. The lowest BCUT2D eigenvalue weighted by Gasteiger charge is -2.33. The van der Waals surface area contributed by atoms with Gasteiger partial charge in [-0.25, -0.2) is 0 Å². The van der Waals surface area contributed by atoms with Crippen LogP contribution in [-0.2, 0) is 0 Å².